The zero-order valence-electron chi connectivity index (χ0n) is 22.6. The van der Waals surface area contributed by atoms with Gasteiger partial charge in [-0.1, -0.05) is 24.3 Å². The summed E-state index contributed by atoms with van der Waals surface area (Å²) < 4.78 is 33.1. The van der Waals surface area contributed by atoms with E-state index in [1.807, 2.05) is 25.1 Å². The van der Waals surface area contributed by atoms with Gasteiger partial charge in [0, 0.05) is 50.2 Å². The third kappa shape index (κ3) is 7.89. The maximum atomic E-state index is 13.3. The van der Waals surface area contributed by atoms with Crippen molar-refractivity contribution >= 4 is 27.9 Å². The number of hydrogen-bond acceptors (Lipinski definition) is 7. The molecule has 10 nitrogen and oxygen atoms in total. The molecule has 40 heavy (non-hydrogen) atoms. The van der Waals surface area contributed by atoms with Crippen molar-refractivity contribution < 1.29 is 27.6 Å². The normalized spacial score (nSPS) is 15.8. The number of nitrogens with one attached hydrogen (secondary N) is 2. The molecule has 2 aromatic carbocycles. The van der Waals surface area contributed by atoms with Crippen LogP contribution in [0.5, 0.6) is 0 Å². The Kier molecular flexibility index (Phi) is 9.88. The first-order valence-electron chi connectivity index (χ1n) is 13.0. The lowest BCUT2D eigenvalue weighted by Crippen LogP contribution is -2.32. The molecule has 1 atom stereocenters. The van der Waals surface area contributed by atoms with Gasteiger partial charge in [-0.15, -0.1) is 0 Å². The minimum absolute atomic E-state index is 0.111. The van der Waals surface area contributed by atoms with Crippen LogP contribution in [0.4, 0.5) is 0 Å². The summed E-state index contributed by atoms with van der Waals surface area (Å²) >= 11 is 0. The van der Waals surface area contributed by atoms with Crippen molar-refractivity contribution in [2.45, 2.75) is 30.4 Å². The standard InChI is InChI=1S/C29H34N4O6S/c1-32(2)18-16-30-29(35)24-12-10-23(11-13-24)25-6-5-7-26(20-25)40(36,37)33-17-15-22(21-33)9-14-27(34)31-39-28-8-3-4-19-38-28/h5-7,9-15,17,20-21,28H,3-4,8,16,18-19H2,1-2H3,(H,30,35)(H,31,34)/b14-9+. The summed E-state index contributed by atoms with van der Waals surface area (Å²) in [5.74, 6) is -0.639. The lowest BCUT2D eigenvalue weighted by molar-refractivity contribution is -0.198. The number of carbonyl (C=O) groups excluding carboxylic acids is 2. The number of benzene rings is 2. The van der Waals surface area contributed by atoms with Crippen molar-refractivity contribution in [1.29, 1.82) is 0 Å². The summed E-state index contributed by atoms with van der Waals surface area (Å²) in [6, 6.07) is 15.2. The van der Waals surface area contributed by atoms with Gasteiger partial charge >= 0.3 is 0 Å². The number of rotatable bonds is 11. The maximum absolute atomic E-state index is 13.3. The molecule has 1 aliphatic heterocycles. The third-order valence-corrected chi connectivity index (χ3v) is 7.91. The average Bonchev–Trinajstić information content (AvgIpc) is 3.46. The molecule has 0 saturated carbocycles. The highest BCUT2D eigenvalue weighted by molar-refractivity contribution is 7.90. The monoisotopic (exact) mass is 566 g/mol. The van der Waals surface area contributed by atoms with Crippen molar-refractivity contribution in [3.8, 4) is 11.1 Å². The molecule has 0 aliphatic carbocycles. The number of likely N-dealkylation sites (N-methyl/N-ethyl adjacent to an activating group) is 1. The molecule has 0 spiro atoms. The molecule has 0 bridgehead atoms. The van der Waals surface area contributed by atoms with Gasteiger partial charge in [0.25, 0.3) is 21.8 Å². The van der Waals surface area contributed by atoms with Gasteiger partial charge in [-0.25, -0.2) is 22.7 Å². The van der Waals surface area contributed by atoms with Gasteiger partial charge in [-0.05, 0) is 80.0 Å². The van der Waals surface area contributed by atoms with E-state index in [9.17, 15) is 18.0 Å². The van der Waals surface area contributed by atoms with Gasteiger partial charge in [-0.2, -0.15) is 0 Å². The molecule has 1 unspecified atom stereocenters. The second-order valence-electron chi connectivity index (χ2n) is 9.66. The minimum Gasteiger partial charge on any atom is -0.351 e. The molecular weight excluding hydrogens is 532 g/mol. The summed E-state index contributed by atoms with van der Waals surface area (Å²) in [4.78, 5) is 31.7. The van der Waals surface area contributed by atoms with Gasteiger partial charge in [-0.3, -0.25) is 9.59 Å². The Morgan fingerprint density at radius 2 is 1.90 bits per heavy atom. The fraction of sp³-hybridized carbons (Fsp3) is 0.310. The first-order chi connectivity index (χ1) is 19.2. The van der Waals surface area contributed by atoms with E-state index in [-0.39, 0.29) is 10.8 Å². The van der Waals surface area contributed by atoms with Crippen LogP contribution in [0.3, 0.4) is 0 Å². The number of nitrogens with zero attached hydrogens (tertiary/aromatic N) is 2. The van der Waals surface area contributed by atoms with Gasteiger partial charge in [0.1, 0.15) is 0 Å². The molecule has 1 fully saturated rings. The summed E-state index contributed by atoms with van der Waals surface area (Å²) in [7, 11) is -0.00151. The van der Waals surface area contributed by atoms with Crippen LogP contribution in [0, 0.1) is 0 Å². The number of carbonyl (C=O) groups is 2. The van der Waals surface area contributed by atoms with Crippen LogP contribution in [-0.4, -0.2) is 69.2 Å². The minimum atomic E-state index is -3.88. The fourth-order valence-corrected chi connectivity index (χ4v) is 5.29. The second-order valence-corrected chi connectivity index (χ2v) is 11.5. The molecule has 4 rings (SSSR count). The van der Waals surface area contributed by atoms with Gasteiger partial charge in [0.05, 0.1) is 4.90 Å². The van der Waals surface area contributed by atoms with Crippen molar-refractivity contribution in [3.05, 3.63) is 84.2 Å². The van der Waals surface area contributed by atoms with E-state index in [1.165, 1.54) is 30.6 Å². The quantitative estimate of drug-likeness (QED) is 0.270. The Morgan fingerprint density at radius 3 is 2.62 bits per heavy atom. The van der Waals surface area contributed by atoms with E-state index in [4.69, 9.17) is 9.57 Å². The summed E-state index contributed by atoms with van der Waals surface area (Å²) in [5, 5.41) is 2.87. The van der Waals surface area contributed by atoms with Crippen LogP contribution >= 0.6 is 0 Å². The summed E-state index contributed by atoms with van der Waals surface area (Å²) in [5.41, 5.74) is 4.87. The highest BCUT2D eigenvalue weighted by Gasteiger charge is 2.18. The van der Waals surface area contributed by atoms with Crippen LogP contribution in [-0.2, 0) is 24.4 Å². The van der Waals surface area contributed by atoms with E-state index in [2.05, 4.69) is 10.8 Å². The van der Waals surface area contributed by atoms with E-state index >= 15 is 0 Å². The molecular formula is C29H34N4O6S. The number of ether oxygens (including phenoxy) is 1. The van der Waals surface area contributed by atoms with Crippen molar-refractivity contribution in [1.82, 2.24) is 19.7 Å². The number of hydrogen-bond donors (Lipinski definition) is 2. The SMILES string of the molecule is CN(C)CCNC(=O)c1ccc(-c2cccc(S(=O)(=O)n3ccc(/C=C/C(=O)NOC4CCCCO4)c3)c2)cc1. The summed E-state index contributed by atoms with van der Waals surface area (Å²) in [6.45, 7) is 1.89. The smallest absolute Gasteiger partial charge is 0.267 e. The maximum Gasteiger partial charge on any atom is 0.267 e. The van der Waals surface area contributed by atoms with Gasteiger partial charge in [0.15, 0.2) is 6.29 Å². The molecule has 1 aromatic heterocycles. The van der Waals surface area contributed by atoms with Gasteiger partial charge in [0.2, 0.25) is 0 Å². The predicted octanol–water partition coefficient (Wildman–Crippen LogP) is 3.27. The highest BCUT2D eigenvalue weighted by atomic mass is 32.2. The molecule has 2 N–H and O–H groups in total. The molecule has 2 heterocycles. The Balaban J connectivity index is 1.39. The van der Waals surface area contributed by atoms with E-state index in [0.29, 0.717) is 36.3 Å². The van der Waals surface area contributed by atoms with Crippen LogP contribution in [0.1, 0.15) is 35.2 Å². The van der Waals surface area contributed by atoms with Crippen molar-refractivity contribution in [2.75, 3.05) is 33.8 Å². The van der Waals surface area contributed by atoms with Crippen LogP contribution in [0.2, 0.25) is 0 Å². The molecule has 0 radical (unpaired) electrons. The first-order valence-corrected chi connectivity index (χ1v) is 14.5. The lowest BCUT2D eigenvalue weighted by atomic mass is 10.0. The van der Waals surface area contributed by atoms with Crippen LogP contribution in [0.25, 0.3) is 17.2 Å². The molecule has 212 valence electrons. The van der Waals surface area contributed by atoms with Crippen LogP contribution in [0.15, 0.2) is 78.0 Å². The third-order valence-electron chi connectivity index (χ3n) is 6.28. The Morgan fingerprint density at radius 1 is 1.10 bits per heavy atom. The Hall–Kier alpha value is -3.77. The summed E-state index contributed by atoms with van der Waals surface area (Å²) in [6.07, 6.45) is 7.83. The van der Waals surface area contributed by atoms with Crippen molar-refractivity contribution in [3.63, 3.8) is 0 Å². The predicted molar refractivity (Wildman–Crippen MR) is 152 cm³/mol. The largest absolute Gasteiger partial charge is 0.351 e. The van der Waals surface area contributed by atoms with E-state index in [0.717, 1.165) is 28.9 Å². The molecule has 3 aromatic rings. The topological polar surface area (TPSA) is 119 Å². The molecule has 1 aliphatic rings. The Labute approximate surface area is 234 Å². The lowest BCUT2D eigenvalue weighted by Gasteiger charge is -2.21. The molecule has 2 amide bonds. The fourth-order valence-electron chi connectivity index (χ4n) is 4.04. The zero-order valence-corrected chi connectivity index (χ0v) is 23.4. The molecule has 11 heteroatoms. The average molecular weight is 567 g/mol. The van der Waals surface area contributed by atoms with Gasteiger partial charge < -0.3 is 15.0 Å². The first kappa shape index (κ1) is 29.2. The molecule has 1 saturated heterocycles. The number of amides is 2. The Bertz CT molecular complexity index is 1440. The second kappa shape index (κ2) is 13.5. The number of hydroxylamine groups is 1. The van der Waals surface area contributed by atoms with Crippen LogP contribution < -0.4 is 10.8 Å². The number of aromatic nitrogens is 1. The van der Waals surface area contributed by atoms with E-state index in [1.54, 1.807) is 42.5 Å². The zero-order chi connectivity index (χ0) is 28.5. The van der Waals surface area contributed by atoms with E-state index < -0.39 is 22.2 Å². The highest BCUT2D eigenvalue weighted by Crippen LogP contribution is 2.25. The van der Waals surface area contributed by atoms with Crippen molar-refractivity contribution in [2.24, 2.45) is 0 Å².